The summed E-state index contributed by atoms with van der Waals surface area (Å²) in [6, 6.07) is 19.4. The third-order valence-corrected chi connectivity index (χ3v) is 5.82. The molecule has 8 heteroatoms. The molecule has 1 fully saturated rings. The number of carbonyl (C=O) groups is 1. The van der Waals surface area contributed by atoms with Crippen molar-refractivity contribution in [3.05, 3.63) is 107 Å². The van der Waals surface area contributed by atoms with Gasteiger partial charge in [-0.2, -0.15) is 13.2 Å². The lowest BCUT2D eigenvalue weighted by molar-refractivity contribution is -0.140. The summed E-state index contributed by atoms with van der Waals surface area (Å²) in [5, 5.41) is 2.91. The molecule has 3 aromatic carbocycles. The van der Waals surface area contributed by atoms with E-state index in [-0.39, 0.29) is 30.7 Å². The van der Waals surface area contributed by atoms with Gasteiger partial charge >= 0.3 is 12.2 Å². The predicted octanol–water partition coefficient (Wildman–Crippen LogP) is 6.11. The zero-order chi connectivity index (χ0) is 24.3. The Morgan fingerprint density at radius 1 is 0.941 bits per heavy atom. The summed E-state index contributed by atoms with van der Waals surface area (Å²) >= 11 is 0. The minimum absolute atomic E-state index is 0.0535. The van der Waals surface area contributed by atoms with Crippen molar-refractivity contribution in [2.45, 2.75) is 31.3 Å². The fourth-order valence-electron chi connectivity index (χ4n) is 3.94. The Hall–Kier alpha value is -3.39. The highest BCUT2D eigenvalue weighted by molar-refractivity contribution is 5.75. The van der Waals surface area contributed by atoms with Gasteiger partial charge in [0.2, 0.25) is 0 Å². The number of halogens is 4. The summed E-state index contributed by atoms with van der Waals surface area (Å²) in [6.45, 7) is 2.35. The number of hydrogen-bond acceptors (Lipinski definition) is 2. The largest absolute Gasteiger partial charge is 0.416 e. The van der Waals surface area contributed by atoms with E-state index in [1.807, 2.05) is 37.3 Å². The fraction of sp³-hybridized carbons (Fsp3) is 0.269. The molecule has 2 amide bonds. The van der Waals surface area contributed by atoms with Crippen molar-refractivity contribution in [1.29, 1.82) is 0 Å². The van der Waals surface area contributed by atoms with E-state index >= 15 is 0 Å². The third kappa shape index (κ3) is 5.39. The van der Waals surface area contributed by atoms with Gasteiger partial charge < -0.3 is 15.0 Å². The average Bonchev–Trinajstić information content (AvgIpc) is 2.79. The third-order valence-electron chi connectivity index (χ3n) is 5.82. The molecule has 0 aliphatic carbocycles. The van der Waals surface area contributed by atoms with E-state index in [0.29, 0.717) is 5.56 Å². The van der Waals surface area contributed by atoms with Gasteiger partial charge in [0.05, 0.1) is 30.8 Å². The zero-order valence-corrected chi connectivity index (χ0v) is 18.4. The molecule has 2 atom stereocenters. The highest BCUT2D eigenvalue weighted by Gasteiger charge is 2.39. The van der Waals surface area contributed by atoms with E-state index in [1.54, 1.807) is 4.90 Å². The number of urea groups is 1. The first-order valence-electron chi connectivity index (χ1n) is 10.9. The summed E-state index contributed by atoms with van der Waals surface area (Å²) in [7, 11) is 0. The minimum Gasteiger partial charge on any atom is -0.362 e. The van der Waals surface area contributed by atoms with Crippen molar-refractivity contribution in [2.24, 2.45) is 0 Å². The van der Waals surface area contributed by atoms with Crippen LogP contribution in [0.4, 0.5) is 22.4 Å². The Morgan fingerprint density at radius 2 is 1.56 bits per heavy atom. The highest BCUT2D eigenvalue weighted by atomic mass is 19.4. The van der Waals surface area contributed by atoms with Crippen molar-refractivity contribution in [3.8, 4) is 0 Å². The first-order chi connectivity index (χ1) is 16.2. The number of nitrogens with zero attached hydrogens (tertiary/aromatic N) is 1. The van der Waals surface area contributed by atoms with Crippen LogP contribution in [-0.4, -0.2) is 30.1 Å². The SMILES string of the molecule is CC(NC(=O)N1CC(O[C@@H](c2ccc(F)cc2)c2ccccc2C(F)(F)F)C1)c1ccccc1. The number of amides is 2. The molecule has 4 rings (SSSR count). The standard InChI is InChI=1S/C26H24F4N2O2/c1-17(18-7-3-2-4-8-18)31-25(33)32-15-21(16-32)34-24(19-11-13-20(27)14-12-19)22-9-5-6-10-23(22)26(28,29)30/h2-14,17,21,24H,15-16H2,1H3,(H,31,33)/t17?,24-/m0/s1. The minimum atomic E-state index is -4.57. The Kier molecular flexibility index (Phi) is 6.88. The number of nitrogens with one attached hydrogen (secondary N) is 1. The molecular formula is C26H24F4N2O2. The maximum Gasteiger partial charge on any atom is 0.416 e. The Labute approximate surface area is 195 Å². The lowest BCUT2D eigenvalue weighted by Gasteiger charge is -2.41. The van der Waals surface area contributed by atoms with Crippen LogP contribution in [0.3, 0.4) is 0 Å². The molecule has 1 N–H and O–H groups in total. The maximum atomic E-state index is 13.7. The van der Waals surface area contributed by atoms with Crippen LogP contribution in [0.25, 0.3) is 0 Å². The van der Waals surface area contributed by atoms with Crippen LogP contribution in [0.1, 0.15) is 41.3 Å². The quantitative estimate of drug-likeness (QED) is 0.440. The summed E-state index contributed by atoms with van der Waals surface area (Å²) in [5.74, 6) is -0.495. The Bertz CT molecular complexity index is 1110. The van der Waals surface area contributed by atoms with E-state index in [9.17, 15) is 22.4 Å². The number of benzene rings is 3. The van der Waals surface area contributed by atoms with Crippen LogP contribution in [0.2, 0.25) is 0 Å². The lowest BCUT2D eigenvalue weighted by atomic mass is 9.95. The van der Waals surface area contributed by atoms with Gasteiger partial charge in [0.25, 0.3) is 0 Å². The van der Waals surface area contributed by atoms with Crippen molar-refractivity contribution in [2.75, 3.05) is 13.1 Å². The number of alkyl halides is 3. The number of carbonyl (C=O) groups excluding carboxylic acids is 1. The summed E-state index contributed by atoms with van der Waals surface area (Å²) in [6.07, 6.45) is -6.09. The van der Waals surface area contributed by atoms with Crippen LogP contribution in [0.5, 0.6) is 0 Å². The van der Waals surface area contributed by atoms with Gasteiger partial charge in [0.1, 0.15) is 11.9 Å². The van der Waals surface area contributed by atoms with Crippen LogP contribution in [-0.2, 0) is 10.9 Å². The molecule has 4 nitrogen and oxygen atoms in total. The number of likely N-dealkylation sites (tertiary alicyclic amines) is 1. The molecule has 0 saturated carbocycles. The van der Waals surface area contributed by atoms with Crippen molar-refractivity contribution in [3.63, 3.8) is 0 Å². The second-order valence-corrected chi connectivity index (χ2v) is 8.26. The second kappa shape index (κ2) is 9.85. The number of rotatable bonds is 6. The van der Waals surface area contributed by atoms with Crippen molar-refractivity contribution >= 4 is 6.03 Å². The predicted molar refractivity (Wildman–Crippen MR) is 120 cm³/mol. The van der Waals surface area contributed by atoms with E-state index in [0.717, 1.165) is 11.6 Å². The zero-order valence-electron chi connectivity index (χ0n) is 18.4. The van der Waals surface area contributed by atoms with Gasteiger partial charge in [0, 0.05) is 0 Å². The number of hydrogen-bond donors (Lipinski definition) is 1. The Morgan fingerprint density at radius 3 is 2.21 bits per heavy atom. The van der Waals surface area contributed by atoms with Crippen molar-refractivity contribution < 1.29 is 27.1 Å². The molecule has 0 bridgehead atoms. The molecule has 0 aromatic heterocycles. The molecular weight excluding hydrogens is 448 g/mol. The average molecular weight is 472 g/mol. The molecule has 1 unspecified atom stereocenters. The monoisotopic (exact) mass is 472 g/mol. The van der Waals surface area contributed by atoms with Crippen molar-refractivity contribution in [1.82, 2.24) is 10.2 Å². The molecule has 0 spiro atoms. The first kappa shape index (κ1) is 23.8. The molecule has 1 aliphatic heterocycles. The fourth-order valence-corrected chi connectivity index (χ4v) is 3.94. The second-order valence-electron chi connectivity index (χ2n) is 8.26. The van der Waals surface area contributed by atoms with Gasteiger partial charge in [-0.15, -0.1) is 0 Å². The summed E-state index contributed by atoms with van der Waals surface area (Å²) in [4.78, 5) is 14.1. The molecule has 1 aliphatic rings. The summed E-state index contributed by atoms with van der Waals surface area (Å²) < 4.78 is 60.5. The normalized spacial score (nSPS) is 16.0. The molecule has 0 radical (unpaired) electrons. The first-order valence-corrected chi connectivity index (χ1v) is 10.9. The van der Waals surface area contributed by atoms with Gasteiger partial charge in [-0.25, -0.2) is 9.18 Å². The molecule has 3 aromatic rings. The Balaban J connectivity index is 1.47. The van der Waals surface area contributed by atoms with Crippen LogP contribution < -0.4 is 5.32 Å². The van der Waals surface area contributed by atoms with E-state index in [2.05, 4.69) is 5.32 Å². The van der Waals surface area contributed by atoms with E-state index < -0.39 is 29.8 Å². The van der Waals surface area contributed by atoms with Gasteiger partial charge in [-0.05, 0) is 41.8 Å². The highest BCUT2D eigenvalue weighted by Crippen LogP contribution is 2.39. The lowest BCUT2D eigenvalue weighted by Crippen LogP contribution is -2.58. The maximum absolute atomic E-state index is 13.7. The van der Waals surface area contributed by atoms with Gasteiger partial charge in [0.15, 0.2) is 0 Å². The smallest absolute Gasteiger partial charge is 0.362 e. The molecule has 1 heterocycles. The van der Waals surface area contributed by atoms with E-state index in [4.69, 9.17) is 4.74 Å². The summed E-state index contributed by atoms with van der Waals surface area (Å²) in [5.41, 5.74) is 0.500. The number of ether oxygens (including phenoxy) is 1. The van der Waals surface area contributed by atoms with Gasteiger partial charge in [-0.1, -0.05) is 60.7 Å². The molecule has 34 heavy (non-hydrogen) atoms. The van der Waals surface area contributed by atoms with Crippen LogP contribution in [0.15, 0.2) is 78.9 Å². The topological polar surface area (TPSA) is 41.6 Å². The molecule has 1 saturated heterocycles. The van der Waals surface area contributed by atoms with Gasteiger partial charge in [-0.3, -0.25) is 0 Å². The van der Waals surface area contributed by atoms with Crippen LogP contribution in [0, 0.1) is 5.82 Å². The molecule has 178 valence electrons. The van der Waals surface area contributed by atoms with E-state index in [1.165, 1.54) is 42.5 Å². The van der Waals surface area contributed by atoms with Crippen LogP contribution >= 0.6 is 0 Å².